The smallest absolute Gasteiger partial charge is 0.245 e. The van der Waals surface area contributed by atoms with Crippen molar-refractivity contribution in [3.63, 3.8) is 0 Å². The Morgan fingerprint density at radius 1 is 1.48 bits per heavy atom. The molecule has 7 nitrogen and oxygen atoms in total. The average molecular weight is 297 g/mol. The average Bonchev–Trinajstić information content (AvgIpc) is 2.78. The van der Waals surface area contributed by atoms with Crippen molar-refractivity contribution in [2.24, 2.45) is 5.92 Å². The number of rotatable bonds is 8. The van der Waals surface area contributed by atoms with Gasteiger partial charge in [-0.1, -0.05) is 19.0 Å². The highest BCUT2D eigenvalue weighted by Gasteiger charge is 2.18. The Labute approximate surface area is 124 Å². The predicted molar refractivity (Wildman–Crippen MR) is 77.8 cm³/mol. The van der Waals surface area contributed by atoms with Crippen LogP contribution in [0.4, 0.5) is 5.82 Å². The summed E-state index contributed by atoms with van der Waals surface area (Å²) < 4.78 is 9.85. The van der Waals surface area contributed by atoms with Crippen LogP contribution in [0.25, 0.3) is 0 Å². The maximum absolute atomic E-state index is 12.1. The van der Waals surface area contributed by atoms with Crippen LogP contribution in [-0.2, 0) is 14.3 Å². The number of ether oxygens (including phenoxy) is 1. The molecule has 1 aromatic heterocycles. The molecular weight excluding hydrogens is 274 g/mol. The van der Waals surface area contributed by atoms with Crippen LogP contribution in [0.1, 0.15) is 26.0 Å². The SMILES string of the molecule is COCCN(CC(=O)Nc1cc(C)on1)C(=O)CC(C)C. The summed E-state index contributed by atoms with van der Waals surface area (Å²) in [6.07, 6.45) is 0.403. The monoisotopic (exact) mass is 297 g/mol. The standard InChI is InChI=1S/C14H23N3O4/c1-10(2)7-14(19)17(5-6-20-4)9-13(18)15-12-8-11(3)21-16-12/h8,10H,5-7,9H2,1-4H3,(H,15,16,18). The summed E-state index contributed by atoms with van der Waals surface area (Å²) >= 11 is 0. The lowest BCUT2D eigenvalue weighted by Gasteiger charge is -2.22. The third-order valence-electron chi connectivity index (χ3n) is 2.73. The van der Waals surface area contributed by atoms with Crippen molar-refractivity contribution in [1.29, 1.82) is 0 Å². The molecule has 0 bridgehead atoms. The molecule has 0 spiro atoms. The van der Waals surface area contributed by atoms with Crippen LogP contribution in [0.3, 0.4) is 0 Å². The van der Waals surface area contributed by atoms with Gasteiger partial charge in [0.15, 0.2) is 5.82 Å². The molecule has 1 aromatic rings. The van der Waals surface area contributed by atoms with Crippen LogP contribution in [0.15, 0.2) is 10.6 Å². The molecule has 0 radical (unpaired) electrons. The van der Waals surface area contributed by atoms with E-state index >= 15 is 0 Å². The molecule has 118 valence electrons. The van der Waals surface area contributed by atoms with E-state index in [1.165, 1.54) is 4.90 Å². The number of methoxy groups -OCH3 is 1. The van der Waals surface area contributed by atoms with Gasteiger partial charge in [-0.2, -0.15) is 0 Å². The largest absolute Gasteiger partial charge is 0.383 e. The van der Waals surface area contributed by atoms with Crippen molar-refractivity contribution in [1.82, 2.24) is 10.1 Å². The van der Waals surface area contributed by atoms with Gasteiger partial charge in [0, 0.05) is 26.1 Å². The fourth-order valence-electron chi connectivity index (χ4n) is 1.75. The second kappa shape index (κ2) is 8.41. The number of aromatic nitrogens is 1. The molecule has 0 aromatic carbocycles. The number of hydrogen-bond donors (Lipinski definition) is 1. The maximum Gasteiger partial charge on any atom is 0.245 e. The van der Waals surface area contributed by atoms with E-state index in [2.05, 4.69) is 10.5 Å². The lowest BCUT2D eigenvalue weighted by molar-refractivity contribution is -0.136. The predicted octanol–water partition coefficient (Wildman–Crippen LogP) is 1.44. The maximum atomic E-state index is 12.1. The third kappa shape index (κ3) is 6.40. The Bertz CT molecular complexity index is 471. The first kappa shape index (κ1) is 17.2. The van der Waals surface area contributed by atoms with Crippen molar-refractivity contribution < 1.29 is 18.8 Å². The van der Waals surface area contributed by atoms with Gasteiger partial charge in [-0.05, 0) is 12.8 Å². The van der Waals surface area contributed by atoms with Gasteiger partial charge in [-0.15, -0.1) is 0 Å². The lowest BCUT2D eigenvalue weighted by Crippen LogP contribution is -2.40. The molecule has 0 saturated heterocycles. The minimum absolute atomic E-state index is 0.0270. The summed E-state index contributed by atoms with van der Waals surface area (Å²) in [4.78, 5) is 25.6. The van der Waals surface area contributed by atoms with Crippen molar-refractivity contribution in [2.45, 2.75) is 27.2 Å². The Morgan fingerprint density at radius 2 is 2.19 bits per heavy atom. The van der Waals surface area contributed by atoms with Gasteiger partial charge in [-0.25, -0.2) is 0 Å². The van der Waals surface area contributed by atoms with Gasteiger partial charge >= 0.3 is 0 Å². The molecule has 7 heteroatoms. The van der Waals surface area contributed by atoms with E-state index < -0.39 is 0 Å². The molecule has 1 heterocycles. The number of carbonyl (C=O) groups excluding carboxylic acids is 2. The number of aryl methyl sites for hydroxylation is 1. The van der Waals surface area contributed by atoms with Gasteiger partial charge in [-0.3, -0.25) is 9.59 Å². The van der Waals surface area contributed by atoms with Gasteiger partial charge < -0.3 is 19.5 Å². The summed E-state index contributed by atoms with van der Waals surface area (Å²) in [7, 11) is 1.56. The van der Waals surface area contributed by atoms with Crippen molar-refractivity contribution in [2.75, 3.05) is 32.1 Å². The van der Waals surface area contributed by atoms with E-state index in [4.69, 9.17) is 9.26 Å². The number of anilines is 1. The molecule has 2 amide bonds. The molecule has 0 saturated carbocycles. The highest BCUT2D eigenvalue weighted by molar-refractivity contribution is 5.93. The Hall–Kier alpha value is -1.89. The normalized spacial score (nSPS) is 10.7. The van der Waals surface area contributed by atoms with E-state index in [9.17, 15) is 9.59 Å². The van der Waals surface area contributed by atoms with Gasteiger partial charge in [0.1, 0.15) is 5.76 Å². The van der Waals surface area contributed by atoms with Gasteiger partial charge in [0.25, 0.3) is 0 Å². The van der Waals surface area contributed by atoms with Gasteiger partial charge in [0.05, 0.1) is 13.2 Å². The van der Waals surface area contributed by atoms with E-state index in [1.54, 1.807) is 20.1 Å². The number of nitrogens with zero attached hydrogens (tertiary/aromatic N) is 2. The molecule has 0 aliphatic rings. The molecule has 1 rings (SSSR count). The van der Waals surface area contributed by atoms with Crippen molar-refractivity contribution in [3.8, 4) is 0 Å². The van der Waals surface area contributed by atoms with Crippen LogP contribution < -0.4 is 5.32 Å². The van der Waals surface area contributed by atoms with Crippen molar-refractivity contribution in [3.05, 3.63) is 11.8 Å². The minimum atomic E-state index is -0.309. The second-order valence-corrected chi connectivity index (χ2v) is 5.28. The topological polar surface area (TPSA) is 84.7 Å². The Balaban J connectivity index is 2.57. The molecular formula is C14H23N3O4. The third-order valence-corrected chi connectivity index (χ3v) is 2.73. The summed E-state index contributed by atoms with van der Waals surface area (Å²) in [5.74, 6) is 0.826. The summed E-state index contributed by atoms with van der Waals surface area (Å²) in [5, 5.41) is 6.28. The van der Waals surface area contributed by atoms with Crippen LogP contribution in [-0.4, -0.2) is 48.7 Å². The summed E-state index contributed by atoms with van der Waals surface area (Å²) in [6.45, 7) is 6.41. The van der Waals surface area contributed by atoms with E-state index in [0.29, 0.717) is 31.2 Å². The van der Waals surface area contributed by atoms with Crippen LogP contribution >= 0.6 is 0 Å². The fraction of sp³-hybridized carbons (Fsp3) is 0.643. The van der Waals surface area contributed by atoms with E-state index in [1.807, 2.05) is 13.8 Å². The van der Waals surface area contributed by atoms with Crippen LogP contribution in [0, 0.1) is 12.8 Å². The molecule has 0 atom stereocenters. The second-order valence-electron chi connectivity index (χ2n) is 5.28. The van der Waals surface area contributed by atoms with E-state index in [-0.39, 0.29) is 24.3 Å². The molecule has 0 fully saturated rings. The number of amides is 2. The first-order chi connectivity index (χ1) is 9.92. The highest BCUT2D eigenvalue weighted by Crippen LogP contribution is 2.08. The molecule has 0 aliphatic heterocycles. The fourth-order valence-corrected chi connectivity index (χ4v) is 1.75. The van der Waals surface area contributed by atoms with Gasteiger partial charge in [0.2, 0.25) is 11.8 Å². The number of nitrogens with one attached hydrogen (secondary N) is 1. The molecule has 0 aliphatic carbocycles. The number of hydrogen-bond acceptors (Lipinski definition) is 5. The Kier molecular flexibility index (Phi) is 6.87. The zero-order valence-electron chi connectivity index (χ0n) is 13.0. The molecule has 1 N–H and O–H groups in total. The minimum Gasteiger partial charge on any atom is -0.383 e. The molecule has 21 heavy (non-hydrogen) atoms. The zero-order chi connectivity index (χ0) is 15.8. The molecule has 0 unspecified atom stereocenters. The zero-order valence-corrected chi connectivity index (χ0v) is 13.0. The van der Waals surface area contributed by atoms with Crippen LogP contribution in [0.5, 0.6) is 0 Å². The summed E-state index contributed by atoms with van der Waals surface area (Å²) in [5.41, 5.74) is 0. The highest BCUT2D eigenvalue weighted by atomic mass is 16.5. The number of carbonyl (C=O) groups is 2. The van der Waals surface area contributed by atoms with E-state index in [0.717, 1.165) is 0 Å². The van der Waals surface area contributed by atoms with Crippen molar-refractivity contribution >= 4 is 17.6 Å². The van der Waals surface area contributed by atoms with Crippen LogP contribution in [0.2, 0.25) is 0 Å². The first-order valence-corrected chi connectivity index (χ1v) is 6.92. The Morgan fingerprint density at radius 3 is 2.71 bits per heavy atom. The summed E-state index contributed by atoms with van der Waals surface area (Å²) in [6, 6.07) is 1.62. The quantitative estimate of drug-likeness (QED) is 0.785. The lowest BCUT2D eigenvalue weighted by atomic mass is 10.1. The first-order valence-electron chi connectivity index (χ1n) is 6.92.